The van der Waals surface area contributed by atoms with Crippen LogP contribution >= 0.6 is 0 Å². The Morgan fingerprint density at radius 3 is 2.59 bits per heavy atom. The quantitative estimate of drug-likeness (QED) is 0.395. The topological polar surface area (TPSA) is 93.5 Å². The Balaban J connectivity index is 1.50. The van der Waals surface area contributed by atoms with Gasteiger partial charge in [0, 0.05) is 46.6 Å². The molecule has 0 radical (unpaired) electrons. The molecule has 0 fully saturated rings. The number of carbonyl (C=O) groups is 1. The molecule has 1 atom stereocenters. The molecule has 0 aliphatic heterocycles. The number of hydrogen-bond acceptors (Lipinski definition) is 5. The van der Waals surface area contributed by atoms with Crippen LogP contribution in [0, 0.1) is 0 Å². The highest BCUT2D eigenvalue weighted by Crippen LogP contribution is 2.23. The minimum atomic E-state index is -3.53. The SMILES string of the molecule is CCn1c(CCC(=O)NCCCOC(C)c2ccccc2)nc2cc(S(=O)(=O)N(C)C)ccc21. The molecular formula is C25H34N4O4S. The molecule has 8 nitrogen and oxygen atoms in total. The van der Waals surface area contributed by atoms with Gasteiger partial charge in [-0.15, -0.1) is 0 Å². The fraction of sp³-hybridized carbons (Fsp3) is 0.440. The van der Waals surface area contributed by atoms with Crippen LogP contribution in [0.25, 0.3) is 11.0 Å². The fourth-order valence-corrected chi connectivity index (χ4v) is 4.69. The zero-order chi connectivity index (χ0) is 24.7. The number of nitrogens with zero attached hydrogens (tertiary/aromatic N) is 3. The highest BCUT2D eigenvalue weighted by atomic mass is 32.2. The van der Waals surface area contributed by atoms with E-state index in [1.165, 1.54) is 18.4 Å². The van der Waals surface area contributed by atoms with Crippen LogP contribution < -0.4 is 5.32 Å². The number of imidazole rings is 1. The summed E-state index contributed by atoms with van der Waals surface area (Å²) in [5.41, 5.74) is 2.61. The van der Waals surface area contributed by atoms with Crippen LogP contribution in [-0.2, 0) is 32.5 Å². The number of aryl methyl sites for hydroxylation is 2. The Kier molecular flexibility index (Phi) is 8.82. The minimum Gasteiger partial charge on any atom is -0.374 e. The fourth-order valence-electron chi connectivity index (χ4n) is 3.77. The molecule has 34 heavy (non-hydrogen) atoms. The summed E-state index contributed by atoms with van der Waals surface area (Å²) in [4.78, 5) is 17.2. The number of sulfonamides is 1. The van der Waals surface area contributed by atoms with Crippen LogP contribution in [0.2, 0.25) is 0 Å². The molecule has 3 aromatic rings. The van der Waals surface area contributed by atoms with Crippen LogP contribution in [0.3, 0.4) is 0 Å². The van der Waals surface area contributed by atoms with E-state index in [-0.39, 0.29) is 16.9 Å². The van der Waals surface area contributed by atoms with Gasteiger partial charge < -0.3 is 14.6 Å². The van der Waals surface area contributed by atoms with E-state index >= 15 is 0 Å². The standard InChI is InChI=1S/C25H34N4O4S/c1-5-29-23-13-12-21(34(31,32)28(3)4)18-22(23)27-24(29)14-15-25(30)26-16-9-17-33-19(2)20-10-7-6-8-11-20/h6-8,10-13,18-19H,5,9,14-17H2,1-4H3,(H,26,30). The van der Waals surface area contributed by atoms with Gasteiger partial charge in [-0.05, 0) is 44.0 Å². The molecule has 0 aliphatic rings. The molecule has 2 aromatic carbocycles. The van der Waals surface area contributed by atoms with Gasteiger partial charge in [0.1, 0.15) is 5.82 Å². The lowest BCUT2D eigenvalue weighted by Crippen LogP contribution is -2.26. The van der Waals surface area contributed by atoms with Crippen molar-refractivity contribution in [1.29, 1.82) is 0 Å². The first-order chi connectivity index (χ1) is 16.2. The van der Waals surface area contributed by atoms with Crippen LogP contribution in [-0.4, -0.2) is 55.4 Å². The van der Waals surface area contributed by atoms with Gasteiger partial charge in [-0.25, -0.2) is 17.7 Å². The van der Waals surface area contributed by atoms with Gasteiger partial charge in [-0.1, -0.05) is 30.3 Å². The Labute approximate surface area is 202 Å². The number of amides is 1. The third-order valence-electron chi connectivity index (χ3n) is 5.75. The number of nitrogens with one attached hydrogen (secondary N) is 1. The smallest absolute Gasteiger partial charge is 0.242 e. The van der Waals surface area contributed by atoms with Crippen molar-refractivity contribution < 1.29 is 17.9 Å². The van der Waals surface area contributed by atoms with Gasteiger partial charge in [0.25, 0.3) is 0 Å². The number of benzene rings is 2. The predicted molar refractivity (Wildman–Crippen MR) is 133 cm³/mol. The van der Waals surface area contributed by atoms with Crippen molar-refractivity contribution in [3.05, 3.63) is 59.9 Å². The zero-order valence-electron chi connectivity index (χ0n) is 20.3. The second-order valence-corrected chi connectivity index (χ2v) is 10.5. The van der Waals surface area contributed by atoms with Gasteiger partial charge in [-0.3, -0.25) is 4.79 Å². The molecule has 0 saturated carbocycles. The van der Waals surface area contributed by atoms with Gasteiger partial charge in [0.15, 0.2) is 0 Å². The lowest BCUT2D eigenvalue weighted by molar-refractivity contribution is -0.121. The molecule has 1 aromatic heterocycles. The Bertz CT molecular complexity index is 1210. The zero-order valence-corrected chi connectivity index (χ0v) is 21.1. The molecular weight excluding hydrogens is 452 g/mol. The van der Waals surface area contributed by atoms with E-state index in [1.54, 1.807) is 18.2 Å². The summed E-state index contributed by atoms with van der Waals surface area (Å²) in [5.74, 6) is 0.730. The van der Waals surface area contributed by atoms with Crippen molar-refractivity contribution >= 4 is 27.0 Å². The van der Waals surface area contributed by atoms with Crippen molar-refractivity contribution in [2.45, 2.75) is 50.7 Å². The second kappa shape index (κ2) is 11.6. The summed E-state index contributed by atoms with van der Waals surface area (Å²) < 4.78 is 33.9. The number of hydrogen-bond donors (Lipinski definition) is 1. The number of rotatable bonds is 12. The van der Waals surface area contributed by atoms with Crippen LogP contribution in [0.4, 0.5) is 0 Å². The van der Waals surface area contributed by atoms with Crippen molar-refractivity contribution in [2.75, 3.05) is 27.2 Å². The summed E-state index contributed by atoms with van der Waals surface area (Å²) in [6, 6.07) is 15.0. The first-order valence-electron chi connectivity index (χ1n) is 11.6. The summed E-state index contributed by atoms with van der Waals surface area (Å²) in [5, 5.41) is 2.94. The van der Waals surface area contributed by atoms with E-state index in [0.29, 0.717) is 38.1 Å². The molecule has 184 valence electrons. The predicted octanol–water partition coefficient (Wildman–Crippen LogP) is 3.52. The number of fused-ring (bicyclic) bond motifs is 1. The van der Waals surface area contributed by atoms with E-state index in [9.17, 15) is 13.2 Å². The third kappa shape index (κ3) is 6.22. The summed E-state index contributed by atoms with van der Waals surface area (Å²) in [6.45, 7) is 5.83. The molecule has 1 heterocycles. The third-order valence-corrected chi connectivity index (χ3v) is 7.56. The molecule has 1 unspecified atom stereocenters. The van der Waals surface area contributed by atoms with Gasteiger partial charge in [0.05, 0.1) is 22.0 Å². The van der Waals surface area contributed by atoms with E-state index < -0.39 is 10.0 Å². The minimum absolute atomic E-state index is 0.0205. The van der Waals surface area contributed by atoms with E-state index in [0.717, 1.165) is 23.3 Å². The normalized spacial score (nSPS) is 12.9. The highest BCUT2D eigenvalue weighted by Gasteiger charge is 2.19. The molecule has 1 amide bonds. The highest BCUT2D eigenvalue weighted by molar-refractivity contribution is 7.89. The number of ether oxygens (including phenoxy) is 1. The Morgan fingerprint density at radius 2 is 1.91 bits per heavy atom. The number of carbonyl (C=O) groups excluding carboxylic acids is 1. The van der Waals surface area contributed by atoms with Gasteiger partial charge in [0.2, 0.25) is 15.9 Å². The average molecular weight is 487 g/mol. The lowest BCUT2D eigenvalue weighted by atomic mass is 10.1. The molecule has 0 bridgehead atoms. The van der Waals surface area contributed by atoms with Gasteiger partial charge in [-0.2, -0.15) is 0 Å². The first-order valence-corrected chi connectivity index (χ1v) is 13.0. The monoisotopic (exact) mass is 486 g/mol. The van der Waals surface area contributed by atoms with Crippen LogP contribution in [0.15, 0.2) is 53.4 Å². The van der Waals surface area contributed by atoms with Crippen molar-refractivity contribution in [1.82, 2.24) is 19.2 Å². The van der Waals surface area contributed by atoms with Crippen molar-refractivity contribution in [2.24, 2.45) is 0 Å². The van der Waals surface area contributed by atoms with Gasteiger partial charge >= 0.3 is 0 Å². The van der Waals surface area contributed by atoms with E-state index in [4.69, 9.17) is 4.74 Å². The summed E-state index contributed by atoms with van der Waals surface area (Å²) >= 11 is 0. The Hall–Kier alpha value is -2.75. The summed E-state index contributed by atoms with van der Waals surface area (Å²) in [6.07, 6.45) is 1.55. The molecule has 9 heteroatoms. The van der Waals surface area contributed by atoms with E-state index in [1.807, 2.05) is 48.7 Å². The largest absolute Gasteiger partial charge is 0.374 e. The lowest BCUT2D eigenvalue weighted by Gasteiger charge is -2.13. The number of aromatic nitrogens is 2. The van der Waals surface area contributed by atoms with Crippen molar-refractivity contribution in [3.8, 4) is 0 Å². The average Bonchev–Trinajstić information content (AvgIpc) is 3.19. The molecule has 0 aliphatic carbocycles. The maximum Gasteiger partial charge on any atom is 0.242 e. The van der Waals surface area contributed by atoms with Crippen LogP contribution in [0.5, 0.6) is 0 Å². The van der Waals surface area contributed by atoms with Crippen molar-refractivity contribution in [3.63, 3.8) is 0 Å². The molecule has 0 spiro atoms. The second-order valence-electron chi connectivity index (χ2n) is 8.34. The van der Waals surface area contributed by atoms with E-state index in [2.05, 4.69) is 10.3 Å². The maximum atomic E-state index is 12.4. The maximum absolute atomic E-state index is 12.4. The molecule has 1 N–H and O–H groups in total. The Morgan fingerprint density at radius 1 is 1.18 bits per heavy atom. The summed E-state index contributed by atoms with van der Waals surface area (Å²) in [7, 11) is -0.523. The first kappa shape index (κ1) is 25.9. The molecule has 3 rings (SSSR count). The molecule has 0 saturated heterocycles. The van der Waals surface area contributed by atoms with Crippen LogP contribution in [0.1, 0.15) is 44.2 Å².